The van der Waals surface area contributed by atoms with Gasteiger partial charge in [0.25, 0.3) is 11.8 Å². The molecule has 0 saturated carbocycles. The number of thiophene rings is 2. The molecule has 2 aromatic carbocycles. The van der Waals surface area contributed by atoms with Crippen LogP contribution in [0.15, 0.2) is 85.5 Å². The van der Waals surface area contributed by atoms with Crippen LogP contribution in [0.2, 0.25) is 0 Å². The van der Waals surface area contributed by atoms with Gasteiger partial charge in [0.2, 0.25) is 0 Å². The summed E-state index contributed by atoms with van der Waals surface area (Å²) in [7, 11) is 1.58. The van der Waals surface area contributed by atoms with Gasteiger partial charge in [0, 0.05) is 54.0 Å². The van der Waals surface area contributed by atoms with Gasteiger partial charge in [-0.25, -0.2) is 0 Å². The van der Waals surface area contributed by atoms with E-state index in [1.165, 1.54) is 22.7 Å². The average molecular weight is 653 g/mol. The smallest absolute Gasteiger partial charge is 0.261 e. The normalized spacial score (nSPS) is 12.5. The fourth-order valence-corrected chi connectivity index (χ4v) is 6.85. The Bertz CT molecular complexity index is 2090. The SMILES string of the molecule is CNC(=O)c1cc2c(Oc3ccc(C(C)(O)CC(=O)c4ccc(OCc5cncc6sc(C(N)=O)cc56)cc4)cc3)cncc2s1. The molecule has 0 aliphatic carbocycles. The Morgan fingerprint density at radius 3 is 2.20 bits per heavy atom. The Balaban J connectivity index is 1.08. The first-order valence-electron chi connectivity index (χ1n) is 14.1. The monoisotopic (exact) mass is 652 g/mol. The number of carbonyl (C=O) groups is 3. The number of Topliss-reactive ketones (excluding diaryl/α,β-unsaturated/α-hetero) is 1. The maximum atomic E-state index is 13.1. The molecule has 1 atom stereocenters. The topological polar surface area (TPSA) is 154 Å². The van der Waals surface area contributed by atoms with Crippen molar-refractivity contribution in [1.82, 2.24) is 15.3 Å². The molecule has 0 aliphatic heterocycles. The number of rotatable bonds is 11. The number of carbonyl (C=O) groups excluding carboxylic acids is 3. The van der Waals surface area contributed by atoms with Crippen molar-refractivity contribution >= 4 is 60.4 Å². The number of amides is 2. The van der Waals surface area contributed by atoms with Crippen molar-refractivity contribution < 1.29 is 29.0 Å². The summed E-state index contributed by atoms with van der Waals surface area (Å²) in [5.74, 6) is 0.676. The van der Waals surface area contributed by atoms with Crippen molar-refractivity contribution in [1.29, 1.82) is 0 Å². The summed E-state index contributed by atoms with van der Waals surface area (Å²) in [6.07, 6.45) is 6.50. The Labute approximate surface area is 271 Å². The number of nitrogens with one attached hydrogen (secondary N) is 1. The molecule has 1 unspecified atom stereocenters. The number of benzene rings is 2. The van der Waals surface area contributed by atoms with Crippen molar-refractivity contribution in [3.05, 3.63) is 112 Å². The summed E-state index contributed by atoms with van der Waals surface area (Å²) in [5.41, 5.74) is 5.79. The average Bonchev–Trinajstić information content (AvgIpc) is 3.70. The quantitative estimate of drug-likeness (QED) is 0.140. The number of aromatic nitrogens is 2. The summed E-state index contributed by atoms with van der Waals surface area (Å²) < 4.78 is 13.6. The predicted octanol–water partition coefficient (Wildman–Crippen LogP) is 6.22. The summed E-state index contributed by atoms with van der Waals surface area (Å²) in [6, 6.07) is 17.1. The summed E-state index contributed by atoms with van der Waals surface area (Å²) >= 11 is 2.61. The van der Waals surface area contributed by atoms with Crippen LogP contribution in [-0.4, -0.2) is 39.7 Å². The molecule has 6 aromatic rings. The Kier molecular flexibility index (Phi) is 8.50. The molecule has 4 heterocycles. The number of fused-ring (bicyclic) bond motifs is 2. The van der Waals surface area contributed by atoms with E-state index in [9.17, 15) is 19.5 Å². The number of nitrogens with zero attached hydrogens (tertiary/aromatic N) is 2. The Morgan fingerprint density at radius 2 is 1.50 bits per heavy atom. The lowest BCUT2D eigenvalue weighted by molar-refractivity contribution is 0.0431. The van der Waals surface area contributed by atoms with Crippen molar-refractivity contribution in [2.75, 3.05) is 7.05 Å². The van der Waals surface area contributed by atoms with Crippen molar-refractivity contribution in [2.24, 2.45) is 5.73 Å². The molecule has 0 fully saturated rings. The van der Waals surface area contributed by atoms with Crippen LogP contribution >= 0.6 is 22.7 Å². The van der Waals surface area contributed by atoms with E-state index in [1.807, 2.05) is 0 Å². The van der Waals surface area contributed by atoms with Crippen LogP contribution in [0.1, 0.15) is 54.2 Å². The number of pyridine rings is 2. The van der Waals surface area contributed by atoms with Crippen LogP contribution in [-0.2, 0) is 12.2 Å². The van der Waals surface area contributed by atoms with Gasteiger partial charge in [-0.3, -0.25) is 24.4 Å². The van der Waals surface area contributed by atoms with Crippen LogP contribution in [0.3, 0.4) is 0 Å². The van der Waals surface area contributed by atoms with Crippen LogP contribution in [0.5, 0.6) is 17.2 Å². The molecular weight excluding hydrogens is 625 g/mol. The zero-order chi connectivity index (χ0) is 32.4. The van der Waals surface area contributed by atoms with Crippen LogP contribution in [0.4, 0.5) is 0 Å². The number of hydrogen-bond donors (Lipinski definition) is 3. The Hall–Kier alpha value is -5.17. The molecular formula is C34H28N4O6S2. The van der Waals surface area contributed by atoms with E-state index < -0.39 is 11.5 Å². The number of aliphatic hydroxyl groups is 1. The van der Waals surface area contributed by atoms with Crippen molar-refractivity contribution in [3.8, 4) is 17.2 Å². The first-order chi connectivity index (χ1) is 22.1. The first-order valence-corrected chi connectivity index (χ1v) is 15.8. The zero-order valence-corrected chi connectivity index (χ0v) is 26.4. The van der Waals surface area contributed by atoms with Crippen LogP contribution in [0, 0.1) is 0 Å². The molecule has 232 valence electrons. The van der Waals surface area contributed by atoms with E-state index >= 15 is 0 Å². The lowest BCUT2D eigenvalue weighted by Gasteiger charge is -2.23. The molecule has 4 N–H and O–H groups in total. The number of primary amides is 1. The second kappa shape index (κ2) is 12.7. The summed E-state index contributed by atoms with van der Waals surface area (Å²) in [4.78, 5) is 46.2. The molecule has 6 rings (SSSR count). The van der Waals surface area contributed by atoms with Crippen LogP contribution < -0.4 is 20.5 Å². The fraction of sp³-hybridized carbons (Fsp3) is 0.147. The maximum absolute atomic E-state index is 13.1. The highest BCUT2D eigenvalue weighted by Gasteiger charge is 2.27. The van der Waals surface area contributed by atoms with Gasteiger partial charge >= 0.3 is 0 Å². The van der Waals surface area contributed by atoms with Gasteiger partial charge in [-0.15, -0.1) is 22.7 Å². The zero-order valence-electron chi connectivity index (χ0n) is 24.8. The number of nitrogens with two attached hydrogens (primary N) is 1. The minimum absolute atomic E-state index is 0.137. The molecule has 12 heteroatoms. The van der Waals surface area contributed by atoms with Crippen molar-refractivity contribution in [3.63, 3.8) is 0 Å². The molecule has 46 heavy (non-hydrogen) atoms. The largest absolute Gasteiger partial charge is 0.489 e. The molecule has 4 aromatic heterocycles. The molecule has 0 spiro atoms. The molecule has 10 nitrogen and oxygen atoms in total. The van der Waals surface area contributed by atoms with Crippen LogP contribution in [0.25, 0.3) is 20.2 Å². The highest BCUT2D eigenvalue weighted by Crippen LogP contribution is 2.36. The number of hydrogen-bond acceptors (Lipinski definition) is 10. The van der Waals surface area contributed by atoms with E-state index in [2.05, 4.69) is 15.3 Å². The molecule has 2 amide bonds. The highest BCUT2D eigenvalue weighted by molar-refractivity contribution is 7.21. The van der Waals surface area contributed by atoms with Gasteiger partial charge in [-0.2, -0.15) is 0 Å². The van der Waals surface area contributed by atoms with Gasteiger partial charge in [0.1, 0.15) is 18.1 Å². The van der Waals surface area contributed by atoms with E-state index in [4.69, 9.17) is 15.2 Å². The lowest BCUT2D eigenvalue weighted by atomic mass is 9.89. The molecule has 0 saturated heterocycles. The minimum atomic E-state index is -1.43. The van der Waals surface area contributed by atoms with E-state index in [1.54, 1.807) is 99.4 Å². The maximum Gasteiger partial charge on any atom is 0.261 e. The van der Waals surface area contributed by atoms with Gasteiger partial charge < -0.3 is 25.6 Å². The van der Waals surface area contributed by atoms with Crippen molar-refractivity contribution in [2.45, 2.75) is 25.6 Å². The summed E-state index contributed by atoms with van der Waals surface area (Å²) in [6.45, 7) is 1.81. The van der Waals surface area contributed by atoms with Gasteiger partial charge in [-0.05, 0) is 61.0 Å². The third kappa shape index (κ3) is 6.45. The second-order valence-electron chi connectivity index (χ2n) is 10.7. The third-order valence-corrected chi connectivity index (χ3v) is 9.56. The molecule has 0 bridgehead atoms. The Morgan fingerprint density at radius 1 is 0.870 bits per heavy atom. The van der Waals surface area contributed by atoms with E-state index in [-0.39, 0.29) is 24.7 Å². The van der Waals surface area contributed by atoms with E-state index in [0.717, 1.165) is 25.7 Å². The highest BCUT2D eigenvalue weighted by atomic mass is 32.1. The molecule has 0 aliphatic rings. The number of ether oxygens (including phenoxy) is 2. The lowest BCUT2D eigenvalue weighted by Crippen LogP contribution is -2.25. The second-order valence-corrected chi connectivity index (χ2v) is 12.9. The van der Waals surface area contributed by atoms with Gasteiger partial charge in [0.15, 0.2) is 11.5 Å². The minimum Gasteiger partial charge on any atom is -0.489 e. The number of ketones is 1. The summed E-state index contributed by atoms with van der Waals surface area (Å²) in [5, 5.41) is 15.5. The van der Waals surface area contributed by atoms with E-state index in [0.29, 0.717) is 38.1 Å². The van der Waals surface area contributed by atoms with Gasteiger partial charge in [0.05, 0.1) is 31.0 Å². The first kappa shape index (κ1) is 30.8. The van der Waals surface area contributed by atoms with Gasteiger partial charge in [-0.1, -0.05) is 12.1 Å². The third-order valence-electron chi connectivity index (χ3n) is 7.41. The standard InChI is InChI=1S/C34H28N4O6S2/c1-34(42,21-5-9-23(10-6-21)44-27-15-38-17-31-25(27)12-29(46-31)33(41)36-2)13-26(39)19-3-7-22(8-4-19)43-18-20-14-37-16-30-24(20)11-28(45-30)32(35)40/h3-12,14-17,42H,13,18H2,1-2H3,(H2,35,40)(H,36,41). The fourth-order valence-electron chi connectivity index (χ4n) is 4.93. The molecule has 0 radical (unpaired) electrons. The predicted molar refractivity (Wildman–Crippen MR) is 177 cm³/mol.